The van der Waals surface area contributed by atoms with Crippen molar-refractivity contribution in [2.24, 2.45) is 0 Å². The van der Waals surface area contributed by atoms with Gasteiger partial charge in [0.2, 0.25) is 22.2 Å². The zero-order valence-electron chi connectivity index (χ0n) is 22.1. The second kappa shape index (κ2) is 14.0. The van der Waals surface area contributed by atoms with E-state index in [0.29, 0.717) is 5.56 Å². The molecule has 1 amide bonds. The third-order valence-corrected chi connectivity index (χ3v) is 6.50. The van der Waals surface area contributed by atoms with E-state index in [1.165, 1.54) is 0 Å². The molecule has 0 radical (unpaired) electrons. The lowest BCUT2D eigenvalue weighted by Gasteiger charge is -2.44. The number of amides is 1. The van der Waals surface area contributed by atoms with Crippen LogP contribution < -0.4 is 5.32 Å². The smallest absolute Gasteiger partial charge is 0.305 e. The minimum absolute atomic E-state index is 0.116. The Kier molecular flexibility index (Phi) is 11.4. The van der Waals surface area contributed by atoms with Crippen LogP contribution in [-0.2, 0) is 64.2 Å². The average molecular weight is 573 g/mol. The summed E-state index contributed by atoms with van der Waals surface area (Å²) in [5.41, 5.74) is 0.621. The van der Waals surface area contributed by atoms with Gasteiger partial charge >= 0.3 is 23.9 Å². The first kappa shape index (κ1) is 31.7. The molecule has 0 bridgehead atoms. The van der Waals surface area contributed by atoms with E-state index in [1.807, 2.05) is 0 Å². The van der Waals surface area contributed by atoms with Crippen LogP contribution in [0, 0.1) is 0 Å². The number of nitrogens with zero attached hydrogens (tertiary/aromatic N) is 1. The molecule has 1 fully saturated rings. The molecule has 1 saturated heterocycles. The molecule has 1 aliphatic rings. The molecule has 0 aliphatic carbocycles. The first-order valence-electron chi connectivity index (χ1n) is 11.8. The lowest BCUT2D eigenvalue weighted by atomic mass is 9.96. The Morgan fingerprint density at radius 2 is 1.44 bits per heavy atom. The number of benzene rings is 1. The number of carbonyl (C=O) groups is 5. The van der Waals surface area contributed by atoms with Gasteiger partial charge in [-0.2, -0.15) is 4.31 Å². The molecule has 0 spiro atoms. The molecular formula is C24H32N2O12S. The summed E-state index contributed by atoms with van der Waals surface area (Å²) < 4.78 is 52.3. The average Bonchev–Trinajstić information content (AvgIpc) is 2.80. The molecule has 5 atom stereocenters. The van der Waals surface area contributed by atoms with Crippen molar-refractivity contribution < 1.29 is 56.1 Å². The standard InChI is InChI=1S/C24H32N2O12S/c1-14(27)34-13-19-22(35-15(2)28)23(36-16(3)29)21(24(38-19)37-17(4)30)25-20(31)12-26(39(5,32)33)11-18-9-7-6-8-10-18/h6-10,19,21-24H,11-13H2,1-5H3,(H,25,31). The van der Waals surface area contributed by atoms with Crippen LogP contribution in [0.25, 0.3) is 0 Å². The summed E-state index contributed by atoms with van der Waals surface area (Å²) in [6.07, 6.45) is -4.80. The Morgan fingerprint density at radius 3 is 1.95 bits per heavy atom. The number of nitrogens with one attached hydrogen (secondary N) is 1. The van der Waals surface area contributed by atoms with Gasteiger partial charge in [-0.1, -0.05) is 30.3 Å². The SMILES string of the molecule is CC(=O)OCC1OC(OC(C)=O)C(NC(=O)CN(Cc2ccccc2)S(C)(=O)=O)C(OC(C)=O)C1OC(C)=O. The molecule has 14 nitrogen and oxygen atoms in total. The summed E-state index contributed by atoms with van der Waals surface area (Å²) in [5, 5.41) is 2.48. The van der Waals surface area contributed by atoms with Gasteiger partial charge in [0.1, 0.15) is 18.8 Å². The monoisotopic (exact) mass is 572 g/mol. The van der Waals surface area contributed by atoms with Crippen molar-refractivity contribution in [3.8, 4) is 0 Å². The lowest BCUT2D eigenvalue weighted by molar-refractivity contribution is -0.271. The van der Waals surface area contributed by atoms with Gasteiger partial charge in [-0.3, -0.25) is 24.0 Å². The molecular weight excluding hydrogens is 540 g/mol. The van der Waals surface area contributed by atoms with E-state index < -0.39 is 83.6 Å². The highest BCUT2D eigenvalue weighted by molar-refractivity contribution is 7.88. The fourth-order valence-electron chi connectivity index (χ4n) is 3.79. The number of rotatable bonds is 11. The molecule has 15 heteroatoms. The molecule has 0 aromatic heterocycles. The number of carbonyl (C=O) groups excluding carboxylic acids is 5. The molecule has 216 valence electrons. The van der Waals surface area contributed by atoms with Crippen LogP contribution in [0.5, 0.6) is 0 Å². The predicted octanol–water partition coefficient (Wildman–Crippen LogP) is -0.352. The molecule has 2 rings (SSSR count). The molecule has 1 N–H and O–H groups in total. The van der Waals surface area contributed by atoms with Crippen LogP contribution >= 0.6 is 0 Å². The minimum atomic E-state index is -3.86. The van der Waals surface area contributed by atoms with Gasteiger partial charge in [0.05, 0.1) is 12.8 Å². The highest BCUT2D eigenvalue weighted by Gasteiger charge is 2.52. The minimum Gasteiger partial charge on any atom is -0.463 e. The van der Waals surface area contributed by atoms with Crippen LogP contribution in [0.4, 0.5) is 0 Å². The van der Waals surface area contributed by atoms with Crippen molar-refractivity contribution in [1.82, 2.24) is 9.62 Å². The summed E-state index contributed by atoms with van der Waals surface area (Å²) in [7, 11) is -3.86. The Labute approximate surface area is 225 Å². The van der Waals surface area contributed by atoms with Gasteiger partial charge in [0.25, 0.3) is 0 Å². The Bertz CT molecular complexity index is 1160. The molecule has 5 unspecified atom stereocenters. The fraction of sp³-hybridized carbons (Fsp3) is 0.542. The number of sulfonamides is 1. The van der Waals surface area contributed by atoms with Gasteiger partial charge in [-0.25, -0.2) is 8.42 Å². The topological polar surface area (TPSA) is 181 Å². The summed E-state index contributed by atoms with van der Waals surface area (Å²) in [6, 6.07) is 7.11. The maximum absolute atomic E-state index is 13.1. The molecule has 0 saturated carbocycles. The summed E-state index contributed by atoms with van der Waals surface area (Å²) in [5.74, 6) is -4.04. The van der Waals surface area contributed by atoms with Crippen LogP contribution in [0.15, 0.2) is 30.3 Å². The second-order valence-electron chi connectivity index (χ2n) is 8.71. The molecule has 1 aliphatic heterocycles. The summed E-state index contributed by atoms with van der Waals surface area (Å²) in [4.78, 5) is 60.2. The van der Waals surface area contributed by atoms with Crippen LogP contribution in [-0.4, -0.2) is 92.6 Å². The predicted molar refractivity (Wildman–Crippen MR) is 132 cm³/mol. The van der Waals surface area contributed by atoms with Gasteiger partial charge in [-0.05, 0) is 5.56 Å². The third kappa shape index (κ3) is 10.3. The highest BCUT2D eigenvalue weighted by Crippen LogP contribution is 2.28. The van der Waals surface area contributed by atoms with Gasteiger partial charge in [0.15, 0.2) is 12.2 Å². The van der Waals surface area contributed by atoms with E-state index in [9.17, 15) is 32.4 Å². The van der Waals surface area contributed by atoms with E-state index in [4.69, 9.17) is 23.7 Å². The van der Waals surface area contributed by atoms with Crippen molar-refractivity contribution in [3.05, 3.63) is 35.9 Å². The van der Waals surface area contributed by atoms with Gasteiger partial charge in [0, 0.05) is 34.2 Å². The number of hydrogen-bond donors (Lipinski definition) is 1. The van der Waals surface area contributed by atoms with E-state index in [2.05, 4.69) is 5.32 Å². The lowest BCUT2D eigenvalue weighted by Crippen LogP contribution is -2.67. The summed E-state index contributed by atoms with van der Waals surface area (Å²) in [6.45, 7) is 3.09. The van der Waals surface area contributed by atoms with Crippen molar-refractivity contribution >= 4 is 39.8 Å². The van der Waals surface area contributed by atoms with Gasteiger partial charge < -0.3 is 29.0 Å². The number of hydrogen-bond acceptors (Lipinski definition) is 12. The number of ether oxygens (including phenoxy) is 5. The molecule has 1 aromatic carbocycles. The van der Waals surface area contributed by atoms with Crippen LogP contribution in [0.3, 0.4) is 0 Å². The second-order valence-corrected chi connectivity index (χ2v) is 10.7. The van der Waals surface area contributed by atoms with Crippen LogP contribution in [0.2, 0.25) is 0 Å². The van der Waals surface area contributed by atoms with Crippen molar-refractivity contribution in [2.75, 3.05) is 19.4 Å². The first-order chi connectivity index (χ1) is 18.2. The maximum Gasteiger partial charge on any atom is 0.305 e. The van der Waals surface area contributed by atoms with Crippen LogP contribution in [0.1, 0.15) is 33.3 Å². The first-order valence-corrected chi connectivity index (χ1v) is 13.6. The third-order valence-electron chi connectivity index (χ3n) is 5.30. The molecule has 1 heterocycles. The summed E-state index contributed by atoms with van der Waals surface area (Å²) >= 11 is 0. The number of esters is 4. The van der Waals surface area contributed by atoms with Crippen molar-refractivity contribution in [2.45, 2.75) is 64.9 Å². The Hall–Kier alpha value is -3.56. The molecule has 39 heavy (non-hydrogen) atoms. The largest absolute Gasteiger partial charge is 0.463 e. The zero-order valence-corrected chi connectivity index (χ0v) is 23.0. The van der Waals surface area contributed by atoms with E-state index in [1.54, 1.807) is 30.3 Å². The highest BCUT2D eigenvalue weighted by atomic mass is 32.2. The molecule has 1 aromatic rings. The van der Waals surface area contributed by atoms with E-state index in [0.717, 1.165) is 38.3 Å². The Balaban J connectivity index is 2.40. The Morgan fingerprint density at radius 1 is 0.872 bits per heavy atom. The normalized spacial score (nSPS) is 22.9. The van der Waals surface area contributed by atoms with Crippen molar-refractivity contribution in [1.29, 1.82) is 0 Å². The quantitative estimate of drug-likeness (QED) is 0.269. The van der Waals surface area contributed by atoms with Crippen molar-refractivity contribution in [3.63, 3.8) is 0 Å². The van der Waals surface area contributed by atoms with E-state index in [-0.39, 0.29) is 6.54 Å². The fourth-order valence-corrected chi connectivity index (χ4v) is 4.52. The van der Waals surface area contributed by atoms with Gasteiger partial charge in [-0.15, -0.1) is 0 Å². The maximum atomic E-state index is 13.1. The zero-order chi connectivity index (χ0) is 29.3. The van der Waals surface area contributed by atoms with E-state index >= 15 is 0 Å².